The summed E-state index contributed by atoms with van der Waals surface area (Å²) >= 11 is 1.37. The van der Waals surface area contributed by atoms with Crippen LogP contribution in [-0.2, 0) is 30.4 Å². The van der Waals surface area contributed by atoms with Crippen LogP contribution in [0.5, 0.6) is 11.5 Å². The van der Waals surface area contributed by atoms with E-state index >= 15 is 0 Å². The van der Waals surface area contributed by atoms with Crippen LogP contribution in [0.15, 0.2) is 60.0 Å². The first-order valence-electron chi connectivity index (χ1n) is 14.0. The molecule has 0 aliphatic carbocycles. The number of carbonyl (C=O) groups is 4. The number of ether oxygens (including phenoxy) is 3. The zero-order valence-corrected chi connectivity index (χ0v) is 24.5. The van der Waals surface area contributed by atoms with E-state index in [0.717, 1.165) is 4.88 Å². The number of nitrogens with zero attached hydrogens (tertiary/aromatic N) is 1. The molecule has 2 aliphatic rings. The molecule has 0 bridgehead atoms. The summed E-state index contributed by atoms with van der Waals surface area (Å²) < 4.78 is 30.3. The molecule has 44 heavy (non-hydrogen) atoms. The number of benzene rings is 2. The first kappa shape index (κ1) is 31.1. The summed E-state index contributed by atoms with van der Waals surface area (Å²) in [7, 11) is 0. The van der Waals surface area contributed by atoms with E-state index in [2.05, 4.69) is 16.0 Å². The highest BCUT2D eigenvalue weighted by Crippen LogP contribution is 2.35. The highest BCUT2D eigenvalue weighted by atomic mass is 32.1. The second kappa shape index (κ2) is 13.9. The molecule has 5 N–H and O–H groups in total. The van der Waals surface area contributed by atoms with Crippen molar-refractivity contribution in [2.45, 2.75) is 31.2 Å². The third-order valence-corrected chi connectivity index (χ3v) is 7.98. The molecule has 5 rings (SSSR count). The molecule has 4 amide bonds. The number of rotatable bonds is 11. The maximum Gasteiger partial charge on any atom is 0.251 e. The maximum absolute atomic E-state index is 13.3. The molecule has 3 heterocycles. The van der Waals surface area contributed by atoms with Crippen LogP contribution in [0, 0.1) is 5.82 Å². The zero-order valence-electron chi connectivity index (χ0n) is 23.7. The molecule has 0 unspecified atom stereocenters. The van der Waals surface area contributed by atoms with Gasteiger partial charge in [0.05, 0.1) is 38.5 Å². The predicted octanol–water partition coefficient (Wildman–Crippen LogP) is 2.36. The predicted molar refractivity (Wildman–Crippen MR) is 158 cm³/mol. The van der Waals surface area contributed by atoms with Gasteiger partial charge in [0.2, 0.25) is 17.7 Å². The lowest BCUT2D eigenvalue weighted by Crippen LogP contribution is -2.49. The number of likely N-dealkylation sites (tertiary alicyclic amines) is 1. The minimum absolute atomic E-state index is 0.0472. The summed E-state index contributed by atoms with van der Waals surface area (Å²) in [6.07, 6.45) is 0.360. The SMILES string of the molecule is NCCC(=O)Nc1csc(CNC(=O)[C@@H]2CC3(CN2C(=O)CNC(=O)c2ccc(Oc4ccc(F)cc4)cc2)OCCO3)c1. The van der Waals surface area contributed by atoms with Crippen molar-refractivity contribution < 1.29 is 37.8 Å². The summed E-state index contributed by atoms with van der Waals surface area (Å²) in [5.74, 6) is -2.09. The molecule has 1 atom stereocenters. The van der Waals surface area contributed by atoms with Crippen LogP contribution < -0.4 is 26.4 Å². The molecule has 3 aromatic rings. The normalized spacial score (nSPS) is 17.0. The summed E-state index contributed by atoms with van der Waals surface area (Å²) in [6.45, 7) is 0.844. The molecular formula is C30H32FN5O7S. The fraction of sp³-hybridized carbons (Fsp3) is 0.333. The minimum atomic E-state index is -1.08. The quantitative estimate of drug-likeness (QED) is 0.253. The summed E-state index contributed by atoms with van der Waals surface area (Å²) in [5.41, 5.74) is 6.33. The molecule has 1 aromatic heterocycles. The van der Waals surface area contributed by atoms with Crippen LogP contribution in [0.1, 0.15) is 28.1 Å². The Bertz CT molecular complexity index is 1490. The van der Waals surface area contributed by atoms with Crippen LogP contribution in [0.4, 0.5) is 10.1 Å². The lowest BCUT2D eigenvalue weighted by Gasteiger charge is -2.24. The van der Waals surface area contributed by atoms with Crippen LogP contribution in [-0.4, -0.2) is 73.2 Å². The minimum Gasteiger partial charge on any atom is -0.457 e. The van der Waals surface area contributed by atoms with Crippen LogP contribution in [0.2, 0.25) is 0 Å². The van der Waals surface area contributed by atoms with E-state index < -0.39 is 23.6 Å². The molecule has 14 heteroatoms. The van der Waals surface area contributed by atoms with Crippen molar-refractivity contribution in [1.29, 1.82) is 0 Å². The molecule has 12 nitrogen and oxygen atoms in total. The van der Waals surface area contributed by atoms with Gasteiger partial charge in [-0.1, -0.05) is 0 Å². The second-order valence-corrected chi connectivity index (χ2v) is 11.2. The van der Waals surface area contributed by atoms with Gasteiger partial charge in [-0.15, -0.1) is 11.3 Å². The average molecular weight is 626 g/mol. The Balaban J connectivity index is 1.16. The molecule has 2 aliphatic heterocycles. The highest BCUT2D eigenvalue weighted by molar-refractivity contribution is 7.10. The van der Waals surface area contributed by atoms with E-state index in [9.17, 15) is 23.6 Å². The number of hydrogen-bond donors (Lipinski definition) is 4. The van der Waals surface area contributed by atoms with Crippen molar-refractivity contribution >= 4 is 40.7 Å². The van der Waals surface area contributed by atoms with Crippen LogP contribution >= 0.6 is 11.3 Å². The molecule has 1 spiro atoms. The van der Waals surface area contributed by atoms with Gasteiger partial charge < -0.3 is 40.8 Å². The van der Waals surface area contributed by atoms with Crippen molar-refractivity contribution in [1.82, 2.24) is 15.5 Å². The summed E-state index contributed by atoms with van der Waals surface area (Å²) in [5, 5.41) is 9.98. The van der Waals surface area contributed by atoms with Gasteiger partial charge in [0.25, 0.3) is 5.91 Å². The Hall–Kier alpha value is -4.37. The number of thiophene rings is 1. The van der Waals surface area contributed by atoms with E-state index in [1.165, 1.54) is 40.5 Å². The van der Waals surface area contributed by atoms with Crippen molar-refractivity contribution in [3.63, 3.8) is 0 Å². The molecule has 0 radical (unpaired) electrons. The van der Waals surface area contributed by atoms with Crippen molar-refractivity contribution in [2.24, 2.45) is 5.73 Å². The van der Waals surface area contributed by atoms with E-state index in [1.807, 2.05) is 0 Å². The largest absolute Gasteiger partial charge is 0.457 e. The number of amides is 4. The van der Waals surface area contributed by atoms with Crippen molar-refractivity contribution in [3.05, 3.63) is 76.2 Å². The average Bonchev–Trinajstić information content (AvgIpc) is 3.77. The topological polar surface area (TPSA) is 161 Å². The fourth-order valence-electron chi connectivity index (χ4n) is 4.90. The van der Waals surface area contributed by atoms with Gasteiger partial charge in [-0.3, -0.25) is 19.2 Å². The molecule has 232 valence electrons. The first-order chi connectivity index (χ1) is 21.2. The molecule has 2 fully saturated rings. The third kappa shape index (κ3) is 7.77. The maximum atomic E-state index is 13.3. The first-order valence-corrected chi connectivity index (χ1v) is 14.9. The number of halogens is 1. The van der Waals surface area contributed by atoms with Gasteiger partial charge in [-0.2, -0.15) is 0 Å². The van der Waals surface area contributed by atoms with Crippen molar-refractivity contribution in [3.8, 4) is 11.5 Å². The third-order valence-electron chi connectivity index (χ3n) is 7.04. The fourth-order valence-corrected chi connectivity index (χ4v) is 5.66. The Morgan fingerprint density at radius 1 is 1.02 bits per heavy atom. The number of nitrogens with one attached hydrogen (secondary N) is 3. The van der Waals surface area contributed by atoms with E-state index in [4.69, 9.17) is 19.9 Å². The number of carbonyl (C=O) groups excluding carboxylic acids is 4. The Morgan fingerprint density at radius 2 is 1.70 bits per heavy atom. The van der Waals surface area contributed by atoms with E-state index in [1.54, 1.807) is 35.7 Å². The van der Waals surface area contributed by atoms with E-state index in [0.29, 0.717) is 36.0 Å². The zero-order chi connectivity index (χ0) is 31.1. The number of hydrogen-bond acceptors (Lipinski definition) is 9. The van der Waals surface area contributed by atoms with E-state index in [-0.39, 0.29) is 56.7 Å². The van der Waals surface area contributed by atoms with Gasteiger partial charge in [0, 0.05) is 35.2 Å². The second-order valence-electron chi connectivity index (χ2n) is 10.2. The molecule has 2 saturated heterocycles. The molecular weight excluding hydrogens is 593 g/mol. The van der Waals surface area contributed by atoms with Gasteiger partial charge in [-0.05, 0) is 54.6 Å². The Labute approximate surface area is 256 Å². The molecule has 0 saturated carbocycles. The Morgan fingerprint density at radius 3 is 2.39 bits per heavy atom. The van der Waals surface area contributed by atoms with Crippen LogP contribution in [0.25, 0.3) is 0 Å². The van der Waals surface area contributed by atoms with Gasteiger partial charge in [-0.25, -0.2) is 4.39 Å². The van der Waals surface area contributed by atoms with Crippen molar-refractivity contribution in [2.75, 3.05) is 38.2 Å². The highest BCUT2D eigenvalue weighted by Gasteiger charge is 2.52. The van der Waals surface area contributed by atoms with Crippen LogP contribution in [0.3, 0.4) is 0 Å². The lowest BCUT2D eigenvalue weighted by atomic mass is 10.1. The summed E-state index contributed by atoms with van der Waals surface area (Å²) in [6, 6.07) is 12.7. The standard InChI is InChI=1S/C30H32FN5O7S/c31-20-3-7-23(8-4-20)43-22-5-1-19(2-6-22)28(39)34-16-27(38)36-18-30(41-11-12-42-30)14-25(36)29(40)33-15-24-13-21(17-44-24)35-26(37)9-10-32/h1-8,13,17,25H,9-12,14-16,18,32H2,(H,33,40)(H,34,39)(H,35,37)/t25-/m0/s1. The number of anilines is 1. The monoisotopic (exact) mass is 625 g/mol. The van der Waals surface area contributed by atoms with Gasteiger partial charge in [0.1, 0.15) is 23.4 Å². The number of nitrogens with two attached hydrogens (primary N) is 1. The van der Waals surface area contributed by atoms with Gasteiger partial charge in [0.15, 0.2) is 5.79 Å². The Kier molecular flexibility index (Phi) is 9.85. The molecule has 2 aromatic carbocycles. The smallest absolute Gasteiger partial charge is 0.251 e. The lowest BCUT2D eigenvalue weighted by molar-refractivity contribution is -0.152. The summed E-state index contributed by atoms with van der Waals surface area (Å²) in [4.78, 5) is 53.3. The van der Waals surface area contributed by atoms with Gasteiger partial charge >= 0.3 is 0 Å².